The molecular weight excluding hydrogens is 302 g/mol. The summed E-state index contributed by atoms with van der Waals surface area (Å²) in [6.07, 6.45) is 0. The fourth-order valence-corrected chi connectivity index (χ4v) is 2.91. The fraction of sp³-hybridized carbons (Fsp3) is 0.188. The predicted molar refractivity (Wildman–Crippen MR) is 84.9 cm³/mol. The van der Waals surface area contributed by atoms with Crippen molar-refractivity contribution in [3.05, 3.63) is 60.2 Å². The number of rotatable bonds is 5. The second kappa shape index (κ2) is 6.72. The minimum atomic E-state index is -4.19. The Hall–Kier alpha value is -2.18. The van der Waals surface area contributed by atoms with Crippen LogP contribution in [0.15, 0.2) is 54.6 Å². The van der Waals surface area contributed by atoms with Crippen LogP contribution in [0.25, 0.3) is 11.1 Å². The molecule has 6 heteroatoms. The van der Waals surface area contributed by atoms with Crippen molar-refractivity contribution in [2.45, 2.75) is 13.0 Å². The summed E-state index contributed by atoms with van der Waals surface area (Å²) in [6, 6.07) is 16.1. The Balaban J connectivity index is 2.27. The molecule has 0 saturated carbocycles. The first-order valence-electron chi connectivity index (χ1n) is 6.73. The number of carbonyl (C=O) groups excluding carboxylic acids is 1. The summed E-state index contributed by atoms with van der Waals surface area (Å²) in [5.74, 6) is -0.919. The van der Waals surface area contributed by atoms with Crippen molar-refractivity contribution < 1.29 is 17.8 Å². The maximum absolute atomic E-state index is 11.2. The molecule has 0 spiro atoms. The van der Waals surface area contributed by atoms with E-state index in [0.717, 1.165) is 11.1 Å². The van der Waals surface area contributed by atoms with E-state index < -0.39 is 21.9 Å². The lowest BCUT2D eigenvalue weighted by Gasteiger charge is -2.17. The number of benzene rings is 2. The molecule has 1 atom stereocenters. The maximum atomic E-state index is 11.2. The van der Waals surface area contributed by atoms with E-state index in [0.29, 0.717) is 5.56 Å². The zero-order valence-corrected chi connectivity index (χ0v) is 12.9. The van der Waals surface area contributed by atoms with E-state index in [2.05, 4.69) is 5.32 Å². The van der Waals surface area contributed by atoms with E-state index in [1.807, 2.05) is 42.5 Å². The number of amides is 1. The van der Waals surface area contributed by atoms with Crippen LogP contribution in [0.3, 0.4) is 0 Å². The average Bonchev–Trinajstić information content (AvgIpc) is 2.46. The van der Waals surface area contributed by atoms with Crippen LogP contribution < -0.4 is 5.32 Å². The van der Waals surface area contributed by atoms with Gasteiger partial charge in [0.1, 0.15) is 0 Å². The summed E-state index contributed by atoms with van der Waals surface area (Å²) < 4.78 is 31.2. The summed E-state index contributed by atoms with van der Waals surface area (Å²) in [5.41, 5.74) is 2.64. The molecule has 1 unspecified atom stereocenters. The monoisotopic (exact) mass is 319 g/mol. The normalized spacial score (nSPS) is 12.6. The third-order valence-corrected chi connectivity index (χ3v) is 3.93. The van der Waals surface area contributed by atoms with Gasteiger partial charge in [-0.3, -0.25) is 9.35 Å². The molecule has 2 aromatic rings. The van der Waals surface area contributed by atoms with Crippen molar-refractivity contribution in [1.29, 1.82) is 0 Å². The number of hydrogen-bond donors (Lipinski definition) is 2. The molecule has 1 amide bonds. The lowest BCUT2D eigenvalue weighted by molar-refractivity contribution is -0.119. The minimum absolute atomic E-state index is 0.360. The number of nitrogens with one attached hydrogen (secondary N) is 1. The van der Waals surface area contributed by atoms with Crippen LogP contribution >= 0.6 is 0 Å². The Morgan fingerprint density at radius 2 is 1.59 bits per heavy atom. The summed E-state index contributed by atoms with van der Waals surface area (Å²) in [4.78, 5) is 11.2. The first kappa shape index (κ1) is 16.2. The molecule has 0 bridgehead atoms. The third-order valence-electron chi connectivity index (χ3n) is 3.17. The largest absolute Gasteiger partial charge is 0.348 e. The van der Waals surface area contributed by atoms with Crippen LogP contribution in [0, 0.1) is 0 Å². The third kappa shape index (κ3) is 4.68. The fourth-order valence-electron chi connectivity index (χ4n) is 2.22. The topological polar surface area (TPSA) is 83.5 Å². The molecule has 22 heavy (non-hydrogen) atoms. The van der Waals surface area contributed by atoms with Gasteiger partial charge in [-0.25, -0.2) is 0 Å². The van der Waals surface area contributed by atoms with Crippen LogP contribution in [0.1, 0.15) is 18.5 Å². The molecule has 0 saturated heterocycles. The first-order valence-corrected chi connectivity index (χ1v) is 8.34. The Morgan fingerprint density at radius 1 is 1.05 bits per heavy atom. The molecule has 2 rings (SSSR count). The van der Waals surface area contributed by atoms with Gasteiger partial charge >= 0.3 is 0 Å². The lowest BCUT2D eigenvalue weighted by Crippen LogP contribution is -2.31. The standard InChI is InChI=1S/C16H17NO4S/c1-12(18)17-16(11-22(19,20)21)15-9-7-14(8-10-15)13-5-3-2-4-6-13/h2-10,16H,11H2,1H3,(H,17,18)(H,19,20,21). The molecule has 2 aromatic carbocycles. The van der Waals surface area contributed by atoms with E-state index in [9.17, 15) is 13.2 Å². The molecule has 116 valence electrons. The van der Waals surface area contributed by atoms with Crippen molar-refractivity contribution in [2.24, 2.45) is 0 Å². The Bertz CT molecular complexity index is 739. The maximum Gasteiger partial charge on any atom is 0.267 e. The molecule has 0 aliphatic rings. The zero-order valence-electron chi connectivity index (χ0n) is 12.1. The molecule has 5 nitrogen and oxygen atoms in total. The van der Waals surface area contributed by atoms with Gasteiger partial charge in [0.2, 0.25) is 5.91 Å². The highest BCUT2D eigenvalue weighted by Gasteiger charge is 2.19. The summed E-state index contributed by atoms with van der Waals surface area (Å²) in [6.45, 7) is 1.30. The summed E-state index contributed by atoms with van der Waals surface area (Å²) in [5, 5.41) is 2.53. The number of hydrogen-bond acceptors (Lipinski definition) is 3. The Labute approximate surface area is 129 Å². The Morgan fingerprint density at radius 3 is 2.09 bits per heavy atom. The van der Waals surface area contributed by atoms with E-state index in [4.69, 9.17) is 4.55 Å². The highest BCUT2D eigenvalue weighted by Crippen LogP contribution is 2.22. The lowest BCUT2D eigenvalue weighted by atomic mass is 10.0. The predicted octanol–water partition coefficient (Wildman–Crippen LogP) is 2.42. The van der Waals surface area contributed by atoms with Gasteiger partial charge in [-0.15, -0.1) is 0 Å². The van der Waals surface area contributed by atoms with Gasteiger partial charge in [-0.2, -0.15) is 8.42 Å². The van der Waals surface area contributed by atoms with E-state index in [1.165, 1.54) is 6.92 Å². The van der Waals surface area contributed by atoms with Gasteiger partial charge < -0.3 is 5.32 Å². The van der Waals surface area contributed by atoms with Crippen molar-refractivity contribution in [3.63, 3.8) is 0 Å². The molecular formula is C16H17NO4S. The second-order valence-corrected chi connectivity index (χ2v) is 6.49. The van der Waals surface area contributed by atoms with Gasteiger partial charge in [0.05, 0.1) is 11.8 Å². The van der Waals surface area contributed by atoms with Gasteiger partial charge in [0, 0.05) is 6.92 Å². The molecule has 0 heterocycles. The summed E-state index contributed by atoms with van der Waals surface area (Å²) >= 11 is 0. The second-order valence-electron chi connectivity index (χ2n) is 4.99. The quantitative estimate of drug-likeness (QED) is 0.829. The van der Waals surface area contributed by atoms with Gasteiger partial charge in [0.15, 0.2) is 0 Å². The average molecular weight is 319 g/mol. The smallest absolute Gasteiger partial charge is 0.267 e. The van der Waals surface area contributed by atoms with Crippen LogP contribution in [-0.2, 0) is 14.9 Å². The molecule has 0 fully saturated rings. The molecule has 0 aliphatic heterocycles. The van der Waals surface area contributed by atoms with Gasteiger partial charge in [-0.05, 0) is 16.7 Å². The Kier molecular flexibility index (Phi) is 4.95. The van der Waals surface area contributed by atoms with Gasteiger partial charge in [-0.1, -0.05) is 54.6 Å². The van der Waals surface area contributed by atoms with Crippen LogP contribution in [0.2, 0.25) is 0 Å². The van der Waals surface area contributed by atoms with Crippen molar-refractivity contribution in [3.8, 4) is 11.1 Å². The summed E-state index contributed by atoms with van der Waals surface area (Å²) in [7, 11) is -4.19. The first-order chi connectivity index (χ1) is 10.3. The minimum Gasteiger partial charge on any atom is -0.348 e. The SMILES string of the molecule is CC(=O)NC(CS(=O)(=O)O)c1ccc(-c2ccccc2)cc1. The van der Waals surface area contributed by atoms with E-state index in [-0.39, 0.29) is 5.91 Å². The number of carbonyl (C=O) groups is 1. The molecule has 0 aliphatic carbocycles. The van der Waals surface area contributed by atoms with E-state index in [1.54, 1.807) is 12.1 Å². The van der Waals surface area contributed by atoms with Crippen LogP contribution in [0.5, 0.6) is 0 Å². The van der Waals surface area contributed by atoms with Gasteiger partial charge in [0.25, 0.3) is 10.1 Å². The highest BCUT2D eigenvalue weighted by atomic mass is 32.2. The molecule has 0 radical (unpaired) electrons. The van der Waals surface area contributed by atoms with Crippen LogP contribution in [0.4, 0.5) is 0 Å². The van der Waals surface area contributed by atoms with E-state index >= 15 is 0 Å². The highest BCUT2D eigenvalue weighted by molar-refractivity contribution is 7.85. The molecule has 0 aromatic heterocycles. The molecule has 2 N–H and O–H groups in total. The zero-order chi connectivity index (χ0) is 16.2. The van der Waals surface area contributed by atoms with Crippen molar-refractivity contribution in [1.82, 2.24) is 5.32 Å². The van der Waals surface area contributed by atoms with Crippen molar-refractivity contribution >= 4 is 16.0 Å². The van der Waals surface area contributed by atoms with Crippen molar-refractivity contribution in [2.75, 3.05) is 5.75 Å². The van der Waals surface area contributed by atoms with Crippen LogP contribution in [-0.4, -0.2) is 24.6 Å².